The van der Waals surface area contributed by atoms with Crippen LogP contribution in [-0.2, 0) is 0 Å². The molecular weight excluding hydrogens is 335 g/mol. The van der Waals surface area contributed by atoms with E-state index < -0.39 is 6.03 Å². The highest BCUT2D eigenvalue weighted by atomic mass is 19.1. The number of benzene rings is 2. The number of aromatic nitrogens is 2. The maximum atomic E-state index is 12.9. The minimum atomic E-state index is -0.585. The highest BCUT2D eigenvalue weighted by Gasteiger charge is 2.06. The van der Waals surface area contributed by atoms with E-state index in [1.807, 2.05) is 37.3 Å². The molecule has 2 amide bonds. The molecule has 2 aromatic carbocycles. The van der Waals surface area contributed by atoms with Crippen molar-refractivity contribution in [3.05, 3.63) is 78.0 Å². The van der Waals surface area contributed by atoms with Crippen molar-refractivity contribution in [3.8, 4) is 11.6 Å². The maximum absolute atomic E-state index is 12.9. The molecule has 0 aliphatic carbocycles. The molecule has 0 unspecified atom stereocenters. The lowest BCUT2D eigenvalue weighted by molar-refractivity contribution is 0.259. The van der Waals surface area contributed by atoms with Gasteiger partial charge >= 0.3 is 6.03 Å². The fourth-order valence-corrected chi connectivity index (χ4v) is 2.28. The lowest BCUT2D eigenvalue weighted by Crippen LogP contribution is -2.17. The minimum absolute atomic E-state index is 0.347. The number of carbonyl (C=O) groups excluding carboxylic acids is 1. The Kier molecular flexibility index (Phi) is 5.38. The molecule has 0 bridgehead atoms. The van der Waals surface area contributed by atoms with Gasteiger partial charge in [0.1, 0.15) is 5.82 Å². The molecule has 1 N–H and O–H groups in total. The van der Waals surface area contributed by atoms with E-state index in [-0.39, 0.29) is 5.82 Å². The molecular formula is C19H17FN4O2. The van der Waals surface area contributed by atoms with Crippen molar-refractivity contribution in [1.29, 1.82) is 0 Å². The summed E-state index contributed by atoms with van der Waals surface area (Å²) < 4.78 is 20.1. The van der Waals surface area contributed by atoms with Crippen molar-refractivity contribution in [2.24, 2.45) is 4.99 Å². The molecule has 7 heteroatoms. The number of halogens is 1. The van der Waals surface area contributed by atoms with Gasteiger partial charge in [-0.15, -0.1) is 0 Å². The Morgan fingerprint density at radius 3 is 2.62 bits per heavy atom. The summed E-state index contributed by atoms with van der Waals surface area (Å²) in [6, 6.07) is 16.0. The second-order valence-corrected chi connectivity index (χ2v) is 5.28. The minimum Gasteiger partial charge on any atom is -0.478 e. The average molecular weight is 352 g/mol. The van der Waals surface area contributed by atoms with E-state index in [0.717, 1.165) is 5.69 Å². The van der Waals surface area contributed by atoms with Gasteiger partial charge < -0.3 is 10.1 Å². The third-order valence-electron chi connectivity index (χ3n) is 3.40. The second kappa shape index (κ2) is 8.06. The molecule has 1 aromatic heterocycles. The monoisotopic (exact) mass is 352 g/mol. The van der Waals surface area contributed by atoms with Crippen LogP contribution in [0, 0.1) is 5.82 Å². The molecule has 0 fully saturated rings. The molecule has 0 saturated carbocycles. The molecule has 0 atom stereocenters. The van der Waals surface area contributed by atoms with Gasteiger partial charge in [0.15, 0.2) is 0 Å². The van der Waals surface area contributed by atoms with Crippen molar-refractivity contribution < 1.29 is 13.9 Å². The van der Waals surface area contributed by atoms with E-state index in [1.165, 1.54) is 30.5 Å². The van der Waals surface area contributed by atoms with E-state index >= 15 is 0 Å². The number of nitrogens with zero attached hydrogens (tertiary/aromatic N) is 3. The fourth-order valence-electron chi connectivity index (χ4n) is 2.28. The van der Waals surface area contributed by atoms with Crippen molar-refractivity contribution in [2.45, 2.75) is 6.92 Å². The standard InChI is InChI=1S/C19H17FN4O2/c1-2-26-18-12-16(13-21-24(18)17-6-4-3-5-7-17)23-19(25)22-15-10-8-14(20)9-11-15/h3-13H,2H2,1H3,(H,22,25). The summed E-state index contributed by atoms with van der Waals surface area (Å²) in [4.78, 5) is 16.0. The summed E-state index contributed by atoms with van der Waals surface area (Å²) in [5, 5.41) is 7.22. The second-order valence-electron chi connectivity index (χ2n) is 5.28. The Hall–Kier alpha value is -3.48. The maximum Gasteiger partial charge on any atom is 0.345 e. The zero-order chi connectivity index (χ0) is 18.4. The zero-order valence-electron chi connectivity index (χ0n) is 14.1. The first-order valence-corrected chi connectivity index (χ1v) is 8.04. The lowest BCUT2D eigenvalue weighted by atomic mass is 10.3. The Bertz CT molecular complexity index is 953. The van der Waals surface area contributed by atoms with Crippen LogP contribution in [0.4, 0.5) is 14.9 Å². The number of rotatable bonds is 4. The summed E-state index contributed by atoms with van der Waals surface area (Å²) in [5.41, 5.74) is 1.28. The molecule has 132 valence electrons. The third kappa shape index (κ3) is 4.32. The van der Waals surface area contributed by atoms with Crippen LogP contribution < -0.4 is 15.4 Å². The number of hydrogen-bond donors (Lipinski definition) is 1. The van der Waals surface area contributed by atoms with Crippen molar-refractivity contribution in [2.75, 3.05) is 11.9 Å². The lowest BCUT2D eigenvalue weighted by Gasteiger charge is -2.11. The summed E-state index contributed by atoms with van der Waals surface area (Å²) >= 11 is 0. The molecule has 6 nitrogen and oxygen atoms in total. The summed E-state index contributed by atoms with van der Waals surface area (Å²) in [5.74, 6) is 0.0913. The molecule has 0 saturated heterocycles. The third-order valence-corrected chi connectivity index (χ3v) is 3.40. The molecule has 26 heavy (non-hydrogen) atoms. The molecule has 1 heterocycles. The van der Waals surface area contributed by atoms with Gasteiger partial charge in [-0.3, -0.25) is 0 Å². The van der Waals surface area contributed by atoms with Crippen LogP contribution in [0.25, 0.3) is 5.69 Å². The molecule has 0 radical (unpaired) electrons. The number of ether oxygens (including phenoxy) is 1. The quantitative estimate of drug-likeness (QED) is 0.781. The average Bonchev–Trinajstić information content (AvgIpc) is 2.65. The first kappa shape index (κ1) is 17.3. The van der Waals surface area contributed by atoms with Gasteiger partial charge in [-0.2, -0.15) is 10.1 Å². The van der Waals surface area contributed by atoms with E-state index in [2.05, 4.69) is 15.4 Å². The topological polar surface area (TPSA) is 68.5 Å². The van der Waals surface area contributed by atoms with Gasteiger partial charge in [0.05, 0.1) is 23.8 Å². The predicted octanol–water partition coefficient (Wildman–Crippen LogP) is 3.54. The molecule has 3 rings (SSSR count). The van der Waals surface area contributed by atoms with E-state index in [9.17, 15) is 9.18 Å². The Morgan fingerprint density at radius 1 is 1.19 bits per heavy atom. The molecule has 0 spiro atoms. The number of para-hydroxylation sites is 1. The summed E-state index contributed by atoms with van der Waals surface area (Å²) in [6.45, 7) is 2.31. The van der Waals surface area contributed by atoms with Crippen molar-refractivity contribution in [1.82, 2.24) is 9.78 Å². The number of carbonyl (C=O) groups is 1. The van der Waals surface area contributed by atoms with Crippen LogP contribution in [0.2, 0.25) is 0 Å². The Balaban J connectivity index is 1.87. The first-order chi connectivity index (χ1) is 12.7. The normalized spacial score (nSPS) is 11.2. The van der Waals surface area contributed by atoms with Crippen LogP contribution in [0.5, 0.6) is 5.88 Å². The number of anilines is 1. The van der Waals surface area contributed by atoms with Crippen LogP contribution in [-0.4, -0.2) is 22.4 Å². The number of urea groups is 1. The Morgan fingerprint density at radius 2 is 1.92 bits per heavy atom. The van der Waals surface area contributed by atoms with Gasteiger partial charge in [-0.25, -0.2) is 13.9 Å². The van der Waals surface area contributed by atoms with Crippen LogP contribution in [0.15, 0.2) is 71.9 Å². The smallest absolute Gasteiger partial charge is 0.345 e. The number of nitrogens with one attached hydrogen (secondary N) is 1. The highest BCUT2D eigenvalue weighted by Crippen LogP contribution is 2.14. The van der Waals surface area contributed by atoms with Gasteiger partial charge in [-0.05, 0) is 43.3 Å². The SMILES string of the molecule is CCOc1cc(=NC(=O)Nc2ccc(F)cc2)cnn1-c1ccccc1. The summed E-state index contributed by atoms with van der Waals surface area (Å²) in [7, 11) is 0. The largest absolute Gasteiger partial charge is 0.478 e. The van der Waals surface area contributed by atoms with E-state index in [4.69, 9.17) is 4.74 Å². The van der Waals surface area contributed by atoms with Crippen molar-refractivity contribution in [3.63, 3.8) is 0 Å². The van der Waals surface area contributed by atoms with Crippen molar-refractivity contribution >= 4 is 11.7 Å². The van der Waals surface area contributed by atoms with Gasteiger partial charge in [0.2, 0.25) is 5.88 Å². The first-order valence-electron chi connectivity index (χ1n) is 8.04. The van der Waals surface area contributed by atoms with Crippen LogP contribution >= 0.6 is 0 Å². The predicted molar refractivity (Wildman–Crippen MR) is 95.7 cm³/mol. The molecule has 0 aliphatic rings. The Labute approximate surface area is 149 Å². The van der Waals surface area contributed by atoms with Crippen LogP contribution in [0.1, 0.15) is 6.92 Å². The molecule has 0 aliphatic heterocycles. The number of amides is 2. The van der Waals surface area contributed by atoms with Crippen LogP contribution in [0.3, 0.4) is 0 Å². The van der Waals surface area contributed by atoms with Gasteiger partial charge in [-0.1, -0.05) is 18.2 Å². The fraction of sp³-hybridized carbons (Fsp3) is 0.105. The molecule has 3 aromatic rings. The zero-order valence-corrected chi connectivity index (χ0v) is 14.1. The number of hydrogen-bond acceptors (Lipinski definition) is 3. The van der Waals surface area contributed by atoms with E-state index in [0.29, 0.717) is 23.5 Å². The van der Waals surface area contributed by atoms with E-state index in [1.54, 1.807) is 10.7 Å². The van der Waals surface area contributed by atoms with Gasteiger partial charge in [0, 0.05) is 11.8 Å². The summed E-state index contributed by atoms with van der Waals surface area (Å²) in [6.07, 6.45) is 1.47. The van der Waals surface area contributed by atoms with Gasteiger partial charge in [0.25, 0.3) is 0 Å². The highest BCUT2D eigenvalue weighted by molar-refractivity contribution is 5.89.